The van der Waals surface area contributed by atoms with Crippen LogP contribution in [0.4, 0.5) is 13.2 Å². The highest BCUT2D eigenvalue weighted by molar-refractivity contribution is 5.75. The Kier molecular flexibility index (Phi) is 4.27. The van der Waals surface area contributed by atoms with Crippen LogP contribution in [0.15, 0.2) is 24.3 Å². The summed E-state index contributed by atoms with van der Waals surface area (Å²) in [5, 5.41) is 3.12. The average molecular weight is 301 g/mol. The molecule has 1 N–H and O–H groups in total. The molecule has 21 heavy (non-hydrogen) atoms. The number of benzene rings is 1. The van der Waals surface area contributed by atoms with E-state index in [-0.39, 0.29) is 5.97 Å². The molecule has 1 aromatic carbocycles. The predicted octanol–water partition coefficient (Wildman–Crippen LogP) is 2.75. The predicted molar refractivity (Wildman–Crippen MR) is 71.8 cm³/mol. The van der Waals surface area contributed by atoms with Gasteiger partial charge in [-0.3, -0.25) is 4.79 Å². The Morgan fingerprint density at radius 3 is 2.52 bits per heavy atom. The van der Waals surface area contributed by atoms with Crippen molar-refractivity contribution < 1.29 is 22.7 Å². The molecule has 0 saturated carbocycles. The van der Waals surface area contributed by atoms with E-state index in [1.807, 2.05) is 6.92 Å². The van der Waals surface area contributed by atoms with E-state index in [1.165, 1.54) is 12.1 Å². The molecule has 1 aliphatic rings. The van der Waals surface area contributed by atoms with Gasteiger partial charge in [0.1, 0.15) is 0 Å². The molecule has 0 spiro atoms. The summed E-state index contributed by atoms with van der Waals surface area (Å²) in [6, 6.07) is 5.01. The molecule has 0 aromatic heterocycles. The van der Waals surface area contributed by atoms with Gasteiger partial charge in [-0.05, 0) is 24.6 Å². The molecule has 1 saturated heterocycles. The van der Waals surface area contributed by atoms with E-state index < -0.39 is 23.1 Å². The van der Waals surface area contributed by atoms with E-state index in [4.69, 9.17) is 4.74 Å². The molecule has 0 bridgehead atoms. The van der Waals surface area contributed by atoms with Crippen LogP contribution >= 0.6 is 0 Å². The van der Waals surface area contributed by atoms with E-state index in [0.29, 0.717) is 25.3 Å². The van der Waals surface area contributed by atoms with Gasteiger partial charge in [0, 0.05) is 18.5 Å². The Labute approximate surface area is 121 Å². The van der Waals surface area contributed by atoms with Crippen molar-refractivity contribution >= 4 is 5.97 Å². The summed E-state index contributed by atoms with van der Waals surface area (Å²) in [5.41, 5.74) is -0.539. The largest absolute Gasteiger partial charge is 0.466 e. The number of hydrogen-bond donors (Lipinski definition) is 1. The van der Waals surface area contributed by atoms with Gasteiger partial charge in [-0.2, -0.15) is 13.2 Å². The summed E-state index contributed by atoms with van der Waals surface area (Å²) in [6.45, 7) is 4.89. The fourth-order valence-corrected chi connectivity index (χ4v) is 2.75. The fourth-order valence-electron chi connectivity index (χ4n) is 2.75. The zero-order chi connectivity index (χ0) is 15.7. The van der Waals surface area contributed by atoms with Crippen LogP contribution in [0, 0.1) is 5.92 Å². The fraction of sp³-hybridized carbons (Fsp3) is 0.533. The monoisotopic (exact) mass is 301 g/mol. The molecule has 0 aliphatic carbocycles. The van der Waals surface area contributed by atoms with E-state index in [0.717, 1.165) is 12.1 Å². The summed E-state index contributed by atoms with van der Waals surface area (Å²) < 4.78 is 42.9. The first-order valence-electron chi connectivity index (χ1n) is 6.84. The average Bonchev–Trinajstić information content (AvgIpc) is 2.82. The van der Waals surface area contributed by atoms with Crippen molar-refractivity contribution in [3.8, 4) is 0 Å². The Hall–Kier alpha value is -1.56. The van der Waals surface area contributed by atoms with Crippen LogP contribution < -0.4 is 5.32 Å². The minimum atomic E-state index is -4.35. The van der Waals surface area contributed by atoms with Gasteiger partial charge in [-0.25, -0.2) is 0 Å². The van der Waals surface area contributed by atoms with Crippen molar-refractivity contribution in [1.29, 1.82) is 0 Å². The molecule has 2 unspecified atom stereocenters. The molecule has 0 amide bonds. The summed E-state index contributed by atoms with van der Waals surface area (Å²) in [7, 11) is 0. The Morgan fingerprint density at radius 2 is 2.00 bits per heavy atom. The summed E-state index contributed by atoms with van der Waals surface area (Å²) in [6.07, 6.45) is -4.35. The van der Waals surface area contributed by atoms with Gasteiger partial charge >= 0.3 is 12.1 Å². The lowest BCUT2D eigenvalue weighted by Gasteiger charge is -2.30. The lowest BCUT2D eigenvalue weighted by atomic mass is 9.74. The molecule has 1 fully saturated rings. The van der Waals surface area contributed by atoms with E-state index >= 15 is 0 Å². The van der Waals surface area contributed by atoms with Crippen molar-refractivity contribution in [3.05, 3.63) is 35.4 Å². The van der Waals surface area contributed by atoms with Crippen LogP contribution in [0.25, 0.3) is 0 Å². The standard InChI is InChI=1S/C15H18F3NO2/c1-3-21-13(20)12-8-19-9-14(12,2)10-4-6-11(7-5-10)15(16,17)18/h4-7,12,19H,3,8-9H2,1-2H3. The van der Waals surface area contributed by atoms with Crippen LogP contribution in [0.5, 0.6) is 0 Å². The highest BCUT2D eigenvalue weighted by Crippen LogP contribution is 2.37. The first-order chi connectivity index (χ1) is 9.79. The van der Waals surface area contributed by atoms with Crippen LogP contribution in [-0.4, -0.2) is 25.7 Å². The number of alkyl halides is 3. The van der Waals surface area contributed by atoms with Gasteiger partial charge < -0.3 is 10.1 Å². The highest BCUT2D eigenvalue weighted by Gasteiger charge is 2.45. The number of ether oxygens (including phenoxy) is 1. The van der Waals surface area contributed by atoms with Gasteiger partial charge in [-0.1, -0.05) is 19.1 Å². The van der Waals surface area contributed by atoms with Gasteiger partial charge in [0.2, 0.25) is 0 Å². The van der Waals surface area contributed by atoms with Crippen molar-refractivity contribution in [2.45, 2.75) is 25.4 Å². The normalized spacial score (nSPS) is 25.9. The minimum Gasteiger partial charge on any atom is -0.466 e. The van der Waals surface area contributed by atoms with Crippen LogP contribution in [-0.2, 0) is 21.1 Å². The van der Waals surface area contributed by atoms with Crippen molar-refractivity contribution in [2.75, 3.05) is 19.7 Å². The molecular weight excluding hydrogens is 283 g/mol. The molecular formula is C15H18F3NO2. The second-order valence-corrected chi connectivity index (χ2v) is 5.43. The third-order valence-corrected chi connectivity index (χ3v) is 4.05. The summed E-state index contributed by atoms with van der Waals surface area (Å²) in [5.74, 6) is -0.709. The van der Waals surface area contributed by atoms with Crippen LogP contribution in [0.2, 0.25) is 0 Å². The lowest BCUT2D eigenvalue weighted by Crippen LogP contribution is -2.37. The van der Waals surface area contributed by atoms with Crippen molar-refractivity contribution in [3.63, 3.8) is 0 Å². The van der Waals surface area contributed by atoms with Crippen molar-refractivity contribution in [1.82, 2.24) is 5.32 Å². The Balaban J connectivity index is 2.28. The maximum absolute atomic E-state index is 12.6. The summed E-state index contributed by atoms with van der Waals surface area (Å²) >= 11 is 0. The van der Waals surface area contributed by atoms with E-state index in [1.54, 1.807) is 6.92 Å². The molecule has 1 heterocycles. The topological polar surface area (TPSA) is 38.3 Å². The molecule has 1 aromatic rings. The zero-order valence-electron chi connectivity index (χ0n) is 12.0. The quantitative estimate of drug-likeness (QED) is 0.873. The molecule has 116 valence electrons. The summed E-state index contributed by atoms with van der Waals surface area (Å²) in [4.78, 5) is 12.0. The lowest BCUT2D eigenvalue weighted by molar-refractivity contribution is -0.149. The Morgan fingerprint density at radius 1 is 1.38 bits per heavy atom. The van der Waals surface area contributed by atoms with Crippen LogP contribution in [0.3, 0.4) is 0 Å². The van der Waals surface area contributed by atoms with Gasteiger partial charge in [0.15, 0.2) is 0 Å². The third-order valence-electron chi connectivity index (χ3n) is 4.05. The smallest absolute Gasteiger partial charge is 0.416 e. The molecule has 1 aliphatic heterocycles. The third kappa shape index (κ3) is 3.05. The van der Waals surface area contributed by atoms with Crippen molar-refractivity contribution in [2.24, 2.45) is 5.92 Å². The van der Waals surface area contributed by atoms with Gasteiger partial charge in [0.05, 0.1) is 18.1 Å². The number of hydrogen-bond acceptors (Lipinski definition) is 3. The number of halogens is 3. The number of nitrogens with one attached hydrogen (secondary N) is 1. The first-order valence-corrected chi connectivity index (χ1v) is 6.84. The number of rotatable bonds is 3. The molecule has 3 nitrogen and oxygen atoms in total. The Bertz CT molecular complexity index is 513. The molecule has 2 rings (SSSR count). The molecule has 0 radical (unpaired) electrons. The maximum atomic E-state index is 12.6. The molecule has 2 atom stereocenters. The molecule has 6 heteroatoms. The number of esters is 1. The first kappa shape index (κ1) is 15.8. The van der Waals surface area contributed by atoms with E-state index in [9.17, 15) is 18.0 Å². The zero-order valence-corrected chi connectivity index (χ0v) is 12.0. The highest BCUT2D eigenvalue weighted by atomic mass is 19.4. The van der Waals surface area contributed by atoms with Crippen LogP contribution in [0.1, 0.15) is 25.0 Å². The van der Waals surface area contributed by atoms with Gasteiger partial charge in [0.25, 0.3) is 0 Å². The maximum Gasteiger partial charge on any atom is 0.416 e. The SMILES string of the molecule is CCOC(=O)C1CNCC1(C)c1ccc(C(F)(F)F)cc1. The minimum absolute atomic E-state index is 0.290. The number of carbonyl (C=O) groups is 1. The van der Waals surface area contributed by atoms with Gasteiger partial charge in [-0.15, -0.1) is 0 Å². The van der Waals surface area contributed by atoms with E-state index in [2.05, 4.69) is 5.32 Å². The number of carbonyl (C=O) groups excluding carboxylic acids is 1. The second kappa shape index (κ2) is 5.67. The second-order valence-electron chi connectivity index (χ2n) is 5.43.